The lowest BCUT2D eigenvalue weighted by Crippen LogP contribution is -2.41. The van der Waals surface area contributed by atoms with Crippen LogP contribution in [0.5, 0.6) is 0 Å². The lowest BCUT2D eigenvalue weighted by atomic mass is 9.88. The number of amides is 1. The number of carbonyl (C=O) groups is 2. The summed E-state index contributed by atoms with van der Waals surface area (Å²) in [7, 11) is 0. The molecule has 1 N–H and O–H groups in total. The van der Waals surface area contributed by atoms with Crippen molar-refractivity contribution in [2.24, 2.45) is 0 Å². The largest absolute Gasteiger partial charge is 0.478 e. The smallest absolute Gasteiger partial charge is 0.410 e. The van der Waals surface area contributed by atoms with Crippen molar-refractivity contribution in [2.45, 2.75) is 51.7 Å². The van der Waals surface area contributed by atoms with Crippen LogP contribution >= 0.6 is 0 Å². The Balaban J connectivity index is 1.48. The zero-order chi connectivity index (χ0) is 22.9. The van der Waals surface area contributed by atoms with E-state index >= 15 is 0 Å². The Bertz CT molecular complexity index is 1120. The van der Waals surface area contributed by atoms with Crippen LogP contribution < -0.4 is 0 Å². The zero-order valence-electron chi connectivity index (χ0n) is 18.7. The number of rotatable bonds is 4. The molecule has 3 heterocycles. The predicted molar refractivity (Wildman–Crippen MR) is 122 cm³/mol. The highest BCUT2D eigenvalue weighted by Crippen LogP contribution is 2.33. The van der Waals surface area contributed by atoms with Crippen molar-refractivity contribution < 1.29 is 19.4 Å². The van der Waals surface area contributed by atoms with Gasteiger partial charge in [0, 0.05) is 37.4 Å². The Labute approximate surface area is 187 Å². The minimum absolute atomic E-state index is 0.240. The predicted octanol–water partition coefficient (Wildman–Crippen LogP) is 4.90. The highest BCUT2D eigenvalue weighted by Gasteiger charge is 2.28. The van der Waals surface area contributed by atoms with E-state index in [-0.39, 0.29) is 11.7 Å². The van der Waals surface area contributed by atoms with Gasteiger partial charge < -0.3 is 19.3 Å². The molecular formula is C25H29N3O4. The maximum absolute atomic E-state index is 12.4. The number of benzene rings is 1. The van der Waals surface area contributed by atoms with Gasteiger partial charge in [-0.05, 0) is 74.9 Å². The van der Waals surface area contributed by atoms with E-state index in [0.29, 0.717) is 25.6 Å². The van der Waals surface area contributed by atoms with Gasteiger partial charge in [-0.15, -0.1) is 0 Å². The van der Waals surface area contributed by atoms with Gasteiger partial charge in [-0.2, -0.15) is 0 Å². The van der Waals surface area contributed by atoms with Gasteiger partial charge in [-0.25, -0.2) is 14.6 Å². The summed E-state index contributed by atoms with van der Waals surface area (Å²) in [6, 6.07) is 11.1. The summed E-state index contributed by atoms with van der Waals surface area (Å²) in [4.78, 5) is 29.8. The number of piperidine rings is 1. The highest BCUT2D eigenvalue weighted by molar-refractivity contribution is 5.87. The first-order valence-electron chi connectivity index (χ1n) is 11.0. The summed E-state index contributed by atoms with van der Waals surface area (Å²) in [5.41, 5.74) is 3.00. The van der Waals surface area contributed by atoms with Gasteiger partial charge >= 0.3 is 12.1 Å². The molecule has 1 fully saturated rings. The van der Waals surface area contributed by atoms with Crippen LogP contribution in [0.25, 0.3) is 11.0 Å². The summed E-state index contributed by atoms with van der Waals surface area (Å²) < 4.78 is 7.60. The molecule has 0 spiro atoms. The van der Waals surface area contributed by atoms with Crippen LogP contribution in [0, 0.1) is 0 Å². The molecule has 0 aliphatic carbocycles. The topological polar surface area (TPSA) is 84.7 Å². The normalized spacial score (nSPS) is 15.2. The first kappa shape index (κ1) is 21.9. The number of aromatic nitrogens is 2. The van der Waals surface area contributed by atoms with Crippen molar-refractivity contribution in [1.29, 1.82) is 0 Å². The van der Waals surface area contributed by atoms with E-state index in [1.54, 1.807) is 17.0 Å². The fourth-order valence-corrected chi connectivity index (χ4v) is 4.24. The number of carboxylic acid groups (broad SMARTS) is 1. The van der Waals surface area contributed by atoms with Crippen LogP contribution in [0.3, 0.4) is 0 Å². The van der Waals surface area contributed by atoms with E-state index in [0.717, 1.165) is 29.4 Å². The lowest BCUT2D eigenvalue weighted by Gasteiger charge is -2.33. The lowest BCUT2D eigenvalue weighted by molar-refractivity contribution is 0.0205. The maximum atomic E-state index is 12.4. The minimum Gasteiger partial charge on any atom is -0.478 e. The van der Waals surface area contributed by atoms with E-state index in [4.69, 9.17) is 9.84 Å². The van der Waals surface area contributed by atoms with Crippen molar-refractivity contribution in [3.8, 4) is 0 Å². The van der Waals surface area contributed by atoms with Crippen molar-refractivity contribution in [1.82, 2.24) is 14.5 Å². The number of aromatic carboxylic acids is 1. The summed E-state index contributed by atoms with van der Waals surface area (Å²) in [5.74, 6) is -0.558. The molecule has 0 unspecified atom stereocenters. The number of fused-ring (bicyclic) bond motifs is 1. The first-order valence-corrected chi connectivity index (χ1v) is 11.0. The average molecular weight is 436 g/mol. The van der Waals surface area contributed by atoms with Gasteiger partial charge in [0.2, 0.25) is 0 Å². The molecule has 3 aromatic rings. The second kappa shape index (κ2) is 8.65. The molecular weight excluding hydrogens is 406 g/mol. The van der Waals surface area contributed by atoms with Gasteiger partial charge in [0.1, 0.15) is 11.2 Å². The summed E-state index contributed by atoms with van der Waals surface area (Å²) >= 11 is 0. The van der Waals surface area contributed by atoms with Crippen LogP contribution in [0.4, 0.5) is 4.79 Å². The van der Waals surface area contributed by atoms with E-state index in [2.05, 4.69) is 21.7 Å². The fraction of sp³-hybridized carbons (Fsp3) is 0.400. The molecule has 7 nitrogen and oxygen atoms in total. The summed E-state index contributed by atoms with van der Waals surface area (Å²) in [6.07, 6.45) is 5.42. The highest BCUT2D eigenvalue weighted by atomic mass is 16.6. The number of carboxylic acids is 1. The number of hydrogen-bond acceptors (Lipinski definition) is 4. The fourth-order valence-electron chi connectivity index (χ4n) is 4.24. The minimum atomic E-state index is -0.924. The molecule has 0 saturated carbocycles. The van der Waals surface area contributed by atoms with E-state index in [1.165, 1.54) is 5.56 Å². The quantitative estimate of drug-likeness (QED) is 0.630. The van der Waals surface area contributed by atoms with E-state index in [9.17, 15) is 9.59 Å². The molecule has 7 heteroatoms. The summed E-state index contributed by atoms with van der Waals surface area (Å²) in [6.45, 7) is 7.64. The Hall–Kier alpha value is -3.35. The number of likely N-dealkylation sites (tertiary alicyclic amines) is 1. The molecule has 168 valence electrons. The second-order valence-electron chi connectivity index (χ2n) is 9.32. The Morgan fingerprint density at radius 3 is 2.41 bits per heavy atom. The third-order valence-corrected chi connectivity index (χ3v) is 5.84. The second-order valence-corrected chi connectivity index (χ2v) is 9.32. The van der Waals surface area contributed by atoms with E-state index in [1.807, 2.05) is 45.3 Å². The Morgan fingerprint density at radius 2 is 1.78 bits per heavy atom. The molecule has 1 saturated heterocycles. The average Bonchev–Trinajstić information content (AvgIpc) is 3.16. The van der Waals surface area contributed by atoms with Crippen molar-refractivity contribution in [3.63, 3.8) is 0 Å². The van der Waals surface area contributed by atoms with Crippen LogP contribution in [0.15, 0.2) is 48.8 Å². The zero-order valence-corrected chi connectivity index (χ0v) is 18.7. The number of pyridine rings is 1. The molecule has 0 radical (unpaired) electrons. The van der Waals surface area contributed by atoms with Gasteiger partial charge in [-0.3, -0.25) is 0 Å². The van der Waals surface area contributed by atoms with Crippen molar-refractivity contribution in [2.75, 3.05) is 13.1 Å². The Kier molecular flexibility index (Phi) is 5.91. The third-order valence-electron chi connectivity index (χ3n) is 5.84. The van der Waals surface area contributed by atoms with Gasteiger partial charge in [0.25, 0.3) is 0 Å². The van der Waals surface area contributed by atoms with Crippen LogP contribution in [0.2, 0.25) is 0 Å². The molecule has 2 aromatic heterocycles. The van der Waals surface area contributed by atoms with Crippen molar-refractivity contribution in [3.05, 3.63) is 65.5 Å². The number of ether oxygens (including phenoxy) is 1. The number of hydrogen-bond donors (Lipinski definition) is 1. The molecule has 0 atom stereocenters. The molecule has 1 amide bonds. The van der Waals surface area contributed by atoms with Gasteiger partial charge in [0.15, 0.2) is 0 Å². The maximum Gasteiger partial charge on any atom is 0.410 e. The molecule has 1 aromatic carbocycles. The number of nitrogens with zero attached hydrogens (tertiary/aromatic N) is 3. The molecule has 1 aliphatic rings. The molecule has 0 bridgehead atoms. The molecule has 1 aliphatic heterocycles. The monoisotopic (exact) mass is 435 g/mol. The Morgan fingerprint density at radius 1 is 1.09 bits per heavy atom. The van der Waals surface area contributed by atoms with Gasteiger partial charge in [0.05, 0.1) is 5.56 Å². The SMILES string of the molecule is CC(C)(C)OC(=O)N1CCC(c2ccnc3c2ccn3Cc2ccc(C(=O)O)cc2)CC1. The third kappa shape index (κ3) is 4.77. The number of carbonyl (C=O) groups excluding carboxylic acids is 1. The van der Waals surface area contributed by atoms with Crippen LogP contribution in [-0.2, 0) is 11.3 Å². The first-order chi connectivity index (χ1) is 15.2. The molecule has 32 heavy (non-hydrogen) atoms. The standard InChI is InChI=1S/C25H29N3O4/c1-25(2,3)32-24(31)27-13-9-18(10-14-27)20-8-12-26-22-21(20)11-15-28(22)16-17-4-6-19(7-5-17)23(29)30/h4-8,11-12,15,18H,9-10,13-14,16H2,1-3H3,(H,29,30). The van der Waals surface area contributed by atoms with Gasteiger partial charge in [-0.1, -0.05) is 12.1 Å². The van der Waals surface area contributed by atoms with Crippen molar-refractivity contribution >= 4 is 23.1 Å². The van der Waals surface area contributed by atoms with Crippen LogP contribution in [0.1, 0.15) is 61.0 Å². The molecule has 4 rings (SSSR count). The van der Waals surface area contributed by atoms with E-state index < -0.39 is 11.6 Å². The summed E-state index contributed by atoms with van der Waals surface area (Å²) in [5, 5.41) is 10.2. The van der Waals surface area contributed by atoms with Crippen LogP contribution in [-0.4, -0.2) is 50.3 Å².